The van der Waals surface area contributed by atoms with Gasteiger partial charge in [0.2, 0.25) is 0 Å². The fourth-order valence-electron chi connectivity index (χ4n) is 2.97. The molecule has 0 bridgehead atoms. The first-order valence-electron chi connectivity index (χ1n) is 12.1. The molecule has 0 heterocycles. The molecule has 0 aromatic carbocycles. The van der Waals surface area contributed by atoms with Crippen LogP contribution in [0.25, 0.3) is 0 Å². The Kier molecular flexibility index (Phi) is 32.0. The molecule has 0 spiro atoms. The molecule has 0 aliphatic rings. The number of hydrogen-bond donors (Lipinski definition) is 4. The molecule has 0 saturated carbocycles. The normalized spacial score (nSPS) is 11.2. The minimum absolute atomic E-state index is 0. The summed E-state index contributed by atoms with van der Waals surface area (Å²) >= 11 is 0. The van der Waals surface area contributed by atoms with E-state index in [0.717, 1.165) is 12.8 Å². The van der Waals surface area contributed by atoms with E-state index in [-0.39, 0.29) is 68.6 Å². The quantitative estimate of drug-likeness (QED) is 0.0588. The molecule has 0 aromatic rings. The standard InChI is InChI=1S/C17H31NO5.C6H15NO3.Na/c1-2-3-4-5-6-7-8-9-10-11-16(21)23-17(22)14(18)12-13-15(19)20;8-4-1-7(2-5-9)3-6-10;/h14H,2-13,18H2,1H3,(H,19,20);8-10H,1-6H2;/q;;+1/p-1/t14-;;/m0../s1. The number of carbonyl (C=O) groups is 3. The van der Waals surface area contributed by atoms with Crippen LogP contribution in [0.3, 0.4) is 0 Å². The molecule has 0 fully saturated rings. The number of esters is 2. The number of unbranched alkanes of at least 4 members (excludes halogenated alkanes) is 8. The fraction of sp³-hybridized carbons (Fsp3) is 0.870. The maximum absolute atomic E-state index is 11.5. The van der Waals surface area contributed by atoms with Gasteiger partial charge in [-0.1, -0.05) is 58.3 Å². The third-order valence-electron chi connectivity index (χ3n) is 4.91. The second-order valence-electron chi connectivity index (χ2n) is 7.90. The first-order valence-corrected chi connectivity index (χ1v) is 12.1. The van der Waals surface area contributed by atoms with Gasteiger partial charge in [-0.15, -0.1) is 0 Å². The number of aliphatic carboxylic acids is 1. The Labute approximate surface area is 226 Å². The van der Waals surface area contributed by atoms with E-state index in [2.05, 4.69) is 11.7 Å². The van der Waals surface area contributed by atoms with Crippen LogP contribution in [0.4, 0.5) is 0 Å². The minimum Gasteiger partial charge on any atom is -0.550 e. The monoisotopic (exact) mass is 500 g/mol. The molecule has 0 unspecified atom stereocenters. The maximum atomic E-state index is 11.5. The maximum Gasteiger partial charge on any atom is 1.00 e. The molecule has 1 atom stereocenters. The first-order chi connectivity index (χ1) is 15.8. The minimum atomic E-state index is -1.28. The average molecular weight is 501 g/mol. The first kappa shape index (κ1) is 37.9. The Balaban J connectivity index is -0.000000736. The van der Waals surface area contributed by atoms with E-state index in [4.69, 9.17) is 21.1 Å². The van der Waals surface area contributed by atoms with Crippen molar-refractivity contribution in [3.05, 3.63) is 0 Å². The number of aliphatic hydroxyl groups is 3. The number of rotatable bonds is 20. The van der Waals surface area contributed by atoms with Crippen molar-refractivity contribution in [1.29, 1.82) is 0 Å². The molecule has 0 rings (SSSR count). The Morgan fingerprint density at radius 1 is 0.824 bits per heavy atom. The van der Waals surface area contributed by atoms with E-state index in [1.807, 2.05) is 0 Å². The average Bonchev–Trinajstić information content (AvgIpc) is 2.77. The zero-order chi connectivity index (χ0) is 25.3. The van der Waals surface area contributed by atoms with Crippen LogP contribution in [0.1, 0.15) is 84.0 Å². The third-order valence-corrected chi connectivity index (χ3v) is 4.91. The summed E-state index contributed by atoms with van der Waals surface area (Å²) in [5.74, 6) is -2.75. The number of ether oxygens (including phenoxy) is 1. The third kappa shape index (κ3) is 27.7. The van der Waals surface area contributed by atoms with Crippen molar-refractivity contribution in [3.8, 4) is 0 Å². The van der Waals surface area contributed by atoms with Crippen molar-refractivity contribution in [3.63, 3.8) is 0 Å². The summed E-state index contributed by atoms with van der Waals surface area (Å²) in [5.41, 5.74) is 5.44. The van der Waals surface area contributed by atoms with Gasteiger partial charge < -0.3 is 35.7 Å². The van der Waals surface area contributed by atoms with Crippen molar-refractivity contribution in [2.24, 2.45) is 5.73 Å². The Morgan fingerprint density at radius 2 is 1.26 bits per heavy atom. The molecule has 5 N–H and O–H groups in total. The van der Waals surface area contributed by atoms with Crippen molar-refractivity contribution in [1.82, 2.24) is 4.90 Å². The SMILES string of the molecule is CCCCCCCCCCCC(=O)OC(=O)[C@@H](N)CCC(=O)[O-].OCCN(CCO)CCO.[Na+]. The second kappa shape index (κ2) is 28.6. The predicted molar refractivity (Wildman–Crippen MR) is 123 cm³/mol. The number of aliphatic hydroxyl groups excluding tert-OH is 3. The van der Waals surface area contributed by atoms with Crippen LogP contribution in [0, 0.1) is 0 Å². The molecule has 11 heteroatoms. The zero-order valence-electron chi connectivity index (χ0n) is 21.2. The number of carboxylic acid groups (broad SMARTS) is 1. The van der Waals surface area contributed by atoms with Crippen LogP contribution >= 0.6 is 0 Å². The van der Waals surface area contributed by atoms with Crippen molar-refractivity contribution >= 4 is 17.9 Å². The Morgan fingerprint density at radius 3 is 1.68 bits per heavy atom. The summed E-state index contributed by atoms with van der Waals surface area (Å²) in [6.07, 6.45) is 9.99. The van der Waals surface area contributed by atoms with E-state index in [1.54, 1.807) is 4.90 Å². The summed E-state index contributed by atoms with van der Waals surface area (Å²) in [5, 5.41) is 35.7. The van der Waals surface area contributed by atoms with Gasteiger partial charge in [0, 0.05) is 32.0 Å². The second-order valence-corrected chi connectivity index (χ2v) is 7.90. The summed E-state index contributed by atoms with van der Waals surface area (Å²) < 4.78 is 4.60. The van der Waals surface area contributed by atoms with Gasteiger partial charge in [0.25, 0.3) is 0 Å². The number of carboxylic acids is 1. The van der Waals surface area contributed by atoms with Crippen LogP contribution in [-0.4, -0.2) is 83.6 Å². The number of carbonyl (C=O) groups excluding carboxylic acids is 3. The molecule has 196 valence electrons. The van der Waals surface area contributed by atoms with E-state index in [0.29, 0.717) is 26.1 Å². The summed E-state index contributed by atoms with van der Waals surface area (Å²) in [6.45, 7) is 3.95. The number of hydrogen-bond acceptors (Lipinski definition) is 10. The van der Waals surface area contributed by atoms with Gasteiger partial charge in [0.15, 0.2) is 0 Å². The van der Waals surface area contributed by atoms with E-state index < -0.39 is 23.9 Å². The summed E-state index contributed by atoms with van der Waals surface area (Å²) in [6, 6.07) is -1.10. The molecular formula is C23H45N2NaO8. The van der Waals surface area contributed by atoms with Crippen LogP contribution in [0.5, 0.6) is 0 Å². The van der Waals surface area contributed by atoms with Crippen LogP contribution in [0.15, 0.2) is 0 Å². The van der Waals surface area contributed by atoms with Crippen LogP contribution < -0.4 is 40.4 Å². The predicted octanol–water partition coefficient (Wildman–Crippen LogP) is -2.90. The largest absolute Gasteiger partial charge is 1.00 e. The van der Waals surface area contributed by atoms with Gasteiger partial charge >= 0.3 is 41.5 Å². The van der Waals surface area contributed by atoms with E-state index in [9.17, 15) is 19.5 Å². The van der Waals surface area contributed by atoms with Crippen LogP contribution in [-0.2, 0) is 19.1 Å². The van der Waals surface area contributed by atoms with E-state index >= 15 is 0 Å². The van der Waals surface area contributed by atoms with Gasteiger partial charge in [-0.25, -0.2) is 4.79 Å². The number of nitrogens with two attached hydrogens (primary N) is 1. The molecule has 0 aliphatic heterocycles. The van der Waals surface area contributed by atoms with Gasteiger partial charge in [-0.2, -0.15) is 0 Å². The number of nitrogens with zero attached hydrogens (tertiary/aromatic N) is 1. The molecule has 0 aromatic heterocycles. The molecule has 0 amide bonds. The zero-order valence-corrected chi connectivity index (χ0v) is 23.2. The van der Waals surface area contributed by atoms with Crippen molar-refractivity contribution in [2.75, 3.05) is 39.5 Å². The summed E-state index contributed by atoms with van der Waals surface area (Å²) in [4.78, 5) is 35.0. The van der Waals surface area contributed by atoms with Gasteiger partial charge in [-0.05, 0) is 19.3 Å². The molecule has 34 heavy (non-hydrogen) atoms. The van der Waals surface area contributed by atoms with Crippen molar-refractivity contribution < 1.29 is 69.1 Å². The van der Waals surface area contributed by atoms with Gasteiger partial charge in [0.1, 0.15) is 6.04 Å². The smallest absolute Gasteiger partial charge is 0.550 e. The molecule has 0 aliphatic carbocycles. The van der Waals surface area contributed by atoms with Gasteiger partial charge in [-0.3, -0.25) is 9.69 Å². The topological polar surface area (TPSA) is 173 Å². The Hall–Kier alpha value is -0.590. The van der Waals surface area contributed by atoms with E-state index in [1.165, 1.54) is 38.5 Å². The van der Waals surface area contributed by atoms with Crippen LogP contribution in [0.2, 0.25) is 0 Å². The molecule has 0 radical (unpaired) electrons. The molecular weight excluding hydrogens is 455 g/mol. The fourth-order valence-corrected chi connectivity index (χ4v) is 2.97. The Bertz CT molecular complexity index is 483. The van der Waals surface area contributed by atoms with Gasteiger partial charge in [0.05, 0.1) is 19.8 Å². The summed E-state index contributed by atoms with van der Waals surface area (Å²) in [7, 11) is 0. The van der Waals surface area contributed by atoms with Crippen molar-refractivity contribution in [2.45, 2.75) is 90.0 Å². The molecule has 10 nitrogen and oxygen atoms in total. The molecule has 0 saturated heterocycles.